The number of hydrogen-bond acceptors (Lipinski definition) is 2. The van der Waals surface area contributed by atoms with E-state index in [1.54, 1.807) is 48.5 Å². The lowest BCUT2D eigenvalue weighted by Gasteiger charge is -2.29. The van der Waals surface area contributed by atoms with E-state index in [1.807, 2.05) is 0 Å². The Kier molecular flexibility index (Phi) is 4.09. The van der Waals surface area contributed by atoms with Crippen molar-refractivity contribution in [1.82, 2.24) is 4.90 Å². The predicted octanol–water partition coefficient (Wildman–Crippen LogP) is 3.79. The normalized spacial score (nSPS) is 21.4. The van der Waals surface area contributed by atoms with Crippen LogP contribution < -0.4 is 0 Å². The van der Waals surface area contributed by atoms with Crippen LogP contribution in [-0.4, -0.2) is 29.8 Å². The summed E-state index contributed by atoms with van der Waals surface area (Å²) in [5.41, 5.74) is 0.816. The zero-order valence-electron chi connectivity index (χ0n) is 12.0. The Morgan fingerprint density at radius 2 is 1.57 bits per heavy atom. The third kappa shape index (κ3) is 3.07. The van der Waals surface area contributed by atoms with E-state index in [0.717, 1.165) is 4.90 Å². The molecule has 1 unspecified atom stereocenters. The zero-order chi connectivity index (χ0) is 16.4. The van der Waals surface area contributed by atoms with Gasteiger partial charge in [-0.2, -0.15) is 13.2 Å². The van der Waals surface area contributed by atoms with E-state index in [9.17, 15) is 18.0 Å². The Morgan fingerprint density at radius 1 is 1.00 bits per heavy atom. The van der Waals surface area contributed by atoms with Crippen molar-refractivity contribution >= 4 is 5.91 Å². The molecule has 1 aliphatic rings. The number of hydrogen-bond donors (Lipinski definition) is 0. The van der Waals surface area contributed by atoms with Crippen LogP contribution in [-0.2, 0) is 4.74 Å². The Bertz CT molecular complexity index is 673. The van der Waals surface area contributed by atoms with E-state index >= 15 is 0 Å². The number of ether oxygens (including phenoxy) is 1. The minimum absolute atomic E-state index is 0.188. The first-order chi connectivity index (χ1) is 11.0. The summed E-state index contributed by atoms with van der Waals surface area (Å²) < 4.78 is 44.7. The van der Waals surface area contributed by atoms with Crippen molar-refractivity contribution in [2.45, 2.75) is 18.4 Å². The number of rotatable bonds is 2. The molecule has 120 valence electrons. The summed E-state index contributed by atoms with van der Waals surface area (Å²) in [5, 5.41) is 0. The highest BCUT2D eigenvalue weighted by atomic mass is 19.4. The lowest BCUT2D eigenvalue weighted by atomic mass is 10.1. The van der Waals surface area contributed by atoms with Crippen LogP contribution in [0.1, 0.15) is 22.0 Å². The van der Waals surface area contributed by atoms with Crippen molar-refractivity contribution in [3.05, 3.63) is 71.8 Å². The van der Waals surface area contributed by atoms with E-state index in [0.29, 0.717) is 5.56 Å². The second-order valence-electron chi connectivity index (χ2n) is 5.23. The van der Waals surface area contributed by atoms with Crippen molar-refractivity contribution in [3.63, 3.8) is 0 Å². The van der Waals surface area contributed by atoms with Gasteiger partial charge in [-0.1, -0.05) is 48.5 Å². The van der Waals surface area contributed by atoms with Gasteiger partial charge in [-0.05, 0) is 17.7 Å². The van der Waals surface area contributed by atoms with Crippen LogP contribution in [0.2, 0.25) is 0 Å². The van der Waals surface area contributed by atoms with Crippen LogP contribution >= 0.6 is 0 Å². The van der Waals surface area contributed by atoms with E-state index < -0.39 is 24.4 Å². The van der Waals surface area contributed by atoms with Gasteiger partial charge in [0.1, 0.15) is 0 Å². The molecule has 0 spiro atoms. The monoisotopic (exact) mass is 321 g/mol. The molecular weight excluding hydrogens is 307 g/mol. The number of benzene rings is 2. The van der Waals surface area contributed by atoms with Crippen LogP contribution in [0, 0.1) is 0 Å². The van der Waals surface area contributed by atoms with Gasteiger partial charge in [0, 0.05) is 5.56 Å². The molecule has 1 saturated heterocycles. The molecule has 0 saturated carbocycles. The molecule has 0 N–H and O–H groups in total. The maximum absolute atomic E-state index is 13.3. The van der Waals surface area contributed by atoms with E-state index in [1.165, 1.54) is 12.1 Å². The number of nitrogens with zero attached hydrogens (tertiary/aromatic N) is 1. The highest BCUT2D eigenvalue weighted by Crippen LogP contribution is 2.39. The number of halogens is 3. The molecule has 1 aliphatic heterocycles. The molecule has 2 aromatic carbocycles. The maximum atomic E-state index is 13.3. The molecule has 0 bridgehead atoms. The Labute approximate surface area is 131 Å². The van der Waals surface area contributed by atoms with Crippen LogP contribution in [0.4, 0.5) is 13.2 Å². The molecule has 23 heavy (non-hydrogen) atoms. The summed E-state index contributed by atoms with van der Waals surface area (Å²) in [5.74, 6) is -0.695. The molecule has 0 aromatic heterocycles. The zero-order valence-corrected chi connectivity index (χ0v) is 12.0. The highest BCUT2D eigenvalue weighted by molar-refractivity contribution is 5.94. The van der Waals surface area contributed by atoms with Gasteiger partial charge in [0.2, 0.25) is 6.23 Å². The standard InChI is InChI=1S/C17H14F3NO2/c18-17(19,20)16-21(15(22)13-9-5-2-6-10-13)14(11-23-16)12-7-3-1-4-8-12/h1-10,14,16H,11H2/t14-,16?/m0/s1. The molecule has 6 heteroatoms. The third-order valence-electron chi connectivity index (χ3n) is 3.72. The first-order valence-corrected chi connectivity index (χ1v) is 7.09. The van der Waals surface area contributed by atoms with Gasteiger partial charge >= 0.3 is 6.18 Å². The van der Waals surface area contributed by atoms with E-state index in [4.69, 9.17) is 4.74 Å². The predicted molar refractivity (Wildman–Crippen MR) is 77.6 cm³/mol. The van der Waals surface area contributed by atoms with Crippen molar-refractivity contribution < 1.29 is 22.7 Å². The lowest BCUT2D eigenvalue weighted by molar-refractivity contribution is -0.233. The fourth-order valence-electron chi connectivity index (χ4n) is 2.67. The Balaban J connectivity index is 1.99. The number of amides is 1. The fourth-order valence-corrected chi connectivity index (χ4v) is 2.67. The summed E-state index contributed by atoms with van der Waals surface area (Å²) in [6.45, 7) is -0.188. The van der Waals surface area contributed by atoms with Crippen LogP contribution in [0.25, 0.3) is 0 Å². The summed E-state index contributed by atoms with van der Waals surface area (Å²) in [6.07, 6.45) is -6.88. The highest BCUT2D eigenvalue weighted by Gasteiger charge is 2.53. The second-order valence-corrected chi connectivity index (χ2v) is 5.23. The van der Waals surface area contributed by atoms with Gasteiger partial charge in [0.25, 0.3) is 5.91 Å². The lowest BCUT2D eigenvalue weighted by Crippen LogP contribution is -2.46. The molecule has 0 aliphatic carbocycles. The molecule has 1 heterocycles. The first-order valence-electron chi connectivity index (χ1n) is 7.09. The maximum Gasteiger partial charge on any atom is 0.433 e. The van der Waals surface area contributed by atoms with Gasteiger partial charge < -0.3 is 4.74 Å². The summed E-state index contributed by atoms with van der Waals surface area (Å²) >= 11 is 0. The smallest absolute Gasteiger partial charge is 0.347 e. The topological polar surface area (TPSA) is 29.5 Å². The summed E-state index contributed by atoms with van der Waals surface area (Å²) in [6, 6.07) is 15.8. The molecule has 2 aromatic rings. The molecule has 1 amide bonds. The third-order valence-corrected chi connectivity index (χ3v) is 3.72. The Hall–Kier alpha value is -2.34. The SMILES string of the molecule is O=C(c1ccccc1)N1C(C(F)(F)F)OC[C@H]1c1ccccc1. The van der Waals surface area contributed by atoms with Gasteiger partial charge in [0.15, 0.2) is 0 Å². The number of alkyl halides is 3. The van der Waals surface area contributed by atoms with E-state index in [2.05, 4.69) is 0 Å². The minimum atomic E-state index is -4.64. The van der Waals surface area contributed by atoms with E-state index in [-0.39, 0.29) is 12.2 Å². The molecule has 0 radical (unpaired) electrons. The van der Waals surface area contributed by atoms with Crippen LogP contribution in [0.15, 0.2) is 60.7 Å². The van der Waals surface area contributed by atoms with Crippen molar-refractivity contribution in [2.75, 3.05) is 6.61 Å². The number of carbonyl (C=O) groups excluding carboxylic acids is 1. The van der Waals surface area contributed by atoms with Crippen LogP contribution in [0.5, 0.6) is 0 Å². The largest absolute Gasteiger partial charge is 0.433 e. The van der Waals surface area contributed by atoms with Gasteiger partial charge in [-0.15, -0.1) is 0 Å². The molecule has 2 atom stereocenters. The summed E-state index contributed by atoms with van der Waals surface area (Å²) in [7, 11) is 0. The fraction of sp³-hybridized carbons (Fsp3) is 0.235. The average molecular weight is 321 g/mol. The molecule has 1 fully saturated rings. The van der Waals surface area contributed by atoms with Crippen molar-refractivity contribution in [2.24, 2.45) is 0 Å². The second kappa shape index (κ2) is 6.04. The molecule has 3 nitrogen and oxygen atoms in total. The van der Waals surface area contributed by atoms with Gasteiger partial charge in [-0.25, -0.2) is 0 Å². The molecular formula is C17H14F3NO2. The Morgan fingerprint density at radius 3 is 2.13 bits per heavy atom. The average Bonchev–Trinajstić information content (AvgIpc) is 3.01. The van der Waals surface area contributed by atoms with Crippen molar-refractivity contribution in [3.8, 4) is 0 Å². The van der Waals surface area contributed by atoms with Gasteiger partial charge in [0.05, 0.1) is 12.6 Å². The quantitative estimate of drug-likeness (QED) is 0.842. The number of carbonyl (C=O) groups is 1. The minimum Gasteiger partial charge on any atom is -0.347 e. The molecule has 3 rings (SSSR count). The first kappa shape index (κ1) is 15.6. The van der Waals surface area contributed by atoms with Crippen LogP contribution in [0.3, 0.4) is 0 Å². The van der Waals surface area contributed by atoms with Gasteiger partial charge in [-0.3, -0.25) is 9.69 Å². The summed E-state index contributed by atoms with van der Waals surface area (Å²) in [4.78, 5) is 13.4. The van der Waals surface area contributed by atoms with Crippen molar-refractivity contribution in [1.29, 1.82) is 0 Å².